The SMILES string of the molecule is Fc1cc(CC2(Cc3ccnc(F)c3)c3ccccc3-c3ccccc32)ccn1. The molecule has 0 spiro atoms. The smallest absolute Gasteiger partial charge is 0.213 e. The number of halogens is 2. The Labute approximate surface area is 167 Å². The Kier molecular flexibility index (Phi) is 4.20. The average molecular weight is 384 g/mol. The first-order valence-corrected chi connectivity index (χ1v) is 9.56. The highest BCUT2D eigenvalue weighted by atomic mass is 19.1. The summed E-state index contributed by atoms with van der Waals surface area (Å²) in [5.41, 5.74) is 5.98. The van der Waals surface area contributed by atoms with E-state index in [1.165, 1.54) is 46.8 Å². The highest BCUT2D eigenvalue weighted by Gasteiger charge is 2.43. The van der Waals surface area contributed by atoms with Crippen molar-refractivity contribution in [3.8, 4) is 11.1 Å². The predicted octanol–water partition coefficient (Wildman–Crippen LogP) is 5.51. The molecule has 0 fully saturated rings. The van der Waals surface area contributed by atoms with Crippen LogP contribution in [0.5, 0.6) is 0 Å². The van der Waals surface area contributed by atoms with Gasteiger partial charge in [0.05, 0.1) is 0 Å². The van der Waals surface area contributed by atoms with Crippen LogP contribution in [-0.2, 0) is 18.3 Å². The molecule has 4 aromatic rings. The zero-order valence-corrected chi connectivity index (χ0v) is 15.6. The molecule has 0 aliphatic heterocycles. The van der Waals surface area contributed by atoms with E-state index in [-0.39, 0.29) is 0 Å². The van der Waals surface area contributed by atoms with Crippen molar-refractivity contribution in [1.29, 1.82) is 0 Å². The number of hydrogen-bond donors (Lipinski definition) is 0. The fraction of sp³-hybridized carbons (Fsp3) is 0.120. The highest BCUT2D eigenvalue weighted by Crippen LogP contribution is 2.52. The molecule has 0 atom stereocenters. The molecule has 4 heteroatoms. The van der Waals surface area contributed by atoms with Crippen molar-refractivity contribution in [3.63, 3.8) is 0 Å². The second kappa shape index (κ2) is 6.89. The van der Waals surface area contributed by atoms with E-state index in [1.807, 2.05) is 36.4 Å². The Bertz CT molecular complexity index is 1110. The number of pyridine rings is 2. The molecule has 2 nitrogen and oxygen atoms in total. The van der Waals surface area contributed by atoms with E-state index in [4.69, 9.17) is 0 Å². The molecule has 0 saturated heterocycles. The zero-order chi connectivity index (χ0) is 19.8. The van der Waals surface area contributed by atoms with Crippen LogP contribution in [0.15, 0.2) is 85.2 Å². The van der Waals surface area contributed by atoms with E-state index < -0.39 is 17.3 Å². The van der Waals surface area contributed by atoms with Gasteiger partial charge in [-0.15, -0.1) is 0 Å². The number of aromatic nitrogens is 2. The summed E-state index contributed by atoms with van der Waals surface area (Å²) in [6.45, 7) is 0. The third kappa shape index (κ3) is 3.01. The van der Waals surface area contributed by atoms with Gasteiger partial charge in [-0.25, -0.2) is 9.97 Å². The second-order valence-electron chi connectivity index (χ2n) is 7.50. The van der Waals surface area contributed by atoms with E-state index in [0.29, 0.717) is 12.8 Å². The van der Waals surface area contributed by atoms with Gasteiger partial charge in [0.25, 0.3) is 0 Å². The number of hydrogen-bond acceptors (Lipinski definition) is 2. The van der Waals surface area contributed by atoms with E-state index in [2.05, 4.69) is 34.2 Å². The first-order chi connectivity index (χ1) is 14.2. The van der Waals surface area contributed by atoms with Crippen LogP contribution in [0.4, 0.5) is 8.78 Å². The van der Waals surface area contributed by atoms with Gasteiger partial charge in [-0.1, -0.05) is 48.5 Å². The Balaban J connectivity index is 1.74. The summed E-state index contributed by atoms with van der Waals surface area (Å²) in [6, 6.07) is 23.3. The fourth-order valence-electron chi connectivity index (χ4n) is 4.66. The predicted molar refractivity (Wildman–Crippen MR) is 108 cm³/mol. The van der Waals surface area contributed by atoms with Crippen molar-refractivity contribution in [2.24, 2.45) is 0 Å². The Morgan fingerprint density at radius 3 is 1.52 bits per heavy atom. The molecule has 2 aromatic carbocycles. The summed E-state index contributed by atoms with van der Waals surface area (Å²) in [5, 5.41) is 0. The summed E-state index contributed by atoms with van der Waals surface area (Å²) >= 11 is 0. The normalized spacial score (nSPS) is 13.7. The quantitative estimate of drug-likeness (QED) is 0.434. The van der Waals surface area contributed by atoms with Crippen molar-refractivity contribution in [2.45, 2.75) is 18.3 Å². The van der Waals surface area contributed by atoms with Crippen LogP contribution in [0.3, 0.4) is 0 Å². The Hall–Kier alpha value is -3.40. The van der Waals surface area contributed by atoms with E-state index in [1.54, 1.807) is 0 Å². The number of nitrogens with zero attached hydrogens (tertiary/aromatic N) is 2. The molecule has 2 heterocycles. The Morgan fingerprint density at radius 1 is 0.621 bits per heavy atom. The minimum Gasteiger partial charge on any atom is -0.228 e. The van der Waals surface area contributed by atoms with Gasteiger partial charge in [-0.3, -0.25) is 0 Å². The second-order valence-corrected chi connectivity index (χ2v) is 7.50. The summed E-state index contributed by atoms with van der Waals surface area (Å²) < 4.78 is 27.7. The molecule has 142 valence electrons. The van der Waals surface area contributed by atoms with Crippen molar-refractivity contribution < 1.29 is 8.78 Å². The molecule has 5 rings (SSSR count). The highest BCUT2D eigenvalue weighted by molar-refractivity contribution is 5.81. The lowest BCUT2D eigenvalue weighted by atomic mass is 9.70. The monoisotopic (exact) mass is 384 g/mol. The molecule has 0 amide bonds. The maximum Gasteiger partial charge on any atom is 0.213 e. The third-order valence-electron chi connectivity index (χ3n) is 5.77. The molecule has 0 N–H and O–H groups in total. The van der Waals surface area contributed by atoms with Crippen molar-refractivity contribution in [2.75, 3.05) is 0 Å². The molecule has 0 radical (unpaired) electrons. The molecule has 0 bridgehead atoms. The summed E-state index contributed by atoms with van der Waals surface area (Å²) in [5.74, 6) is -0.987. The average Bonchev–Trinajstić information content (AvgIpc) is 2.99. The first-order valence-electron chi connectivity index (χ1n) is 9.56. The molecule has 1 aliphatic carbocycles. The lowest BCUT2D eigenvalue weighted by Crippen LogP contribution is -2.31. The number of rotatable bonds is 4. The summed E-state index contributed by atoms with van der Waals surface area (Å²) in [7, 11) is 0. The summed E-state index contributed by atoms with van der Waals surface area (Å²) in [6.07, 6.45) is 4.17. The first kappa shape index (κ1) is 17.7. The van der Waals surface area contributed by atoms with Crippen LogP contribution in [-0.4, -0.2) is 9.97 Å². The fourth-order valence-corrected chi connectivity index (χ4v) is 4.66. The largest absolute Gasteiger partial charge is 0.228 e. The summed E-state index contributed by atoms with van der Waals surface area (Å²) in [4.78, 5) is 7.39. The van der Waals surface area contributed by atoms with Gasteiger partial charge in [-0.05, 0) is 70.5 Å². The van der Waals surface area contributed by atoms with Gasteiger partial charge in [0.2, 0.25) is 11.9 Å². The zero-order valence-electron chi connectivity index (χ0n) is 15.6. The lowest BCUT2D eigenvalue weighted by molar-refractivity contribution is 0.509. The van der Waals surface area contributed by atoms with Gasteiger partial charge in [-0.2, -0.15) is 8.78 Å². The van der Waals surface area contributed by atoms with Crippen molar-refractivity contribution >= 4 is 0 Å². The van der Waals surface area contributed by atoms with Crippen molar-refractivity contribution in [3.05, 3.63) is 119 Å². The van der Waals surface area contributed by atoms with Crippen LogP contribution in [0, 0.1) is 11.9 Å². The van der Waals surface area contributed by atoms with Crippen LogP contribution < -0.4 is 0 Å². The minimum absolute atomic E-state index is 0.436. The number of benzene rings is 2. The number of fused-ring (bicyclic) bond motifs is 3. The molecule has 2 aromatic heterocycles. The standard InChI is InChI=1S/C25H18F2N2/c26-23-13-17(9-11-28-23)15-25(16-18-10-12-29-24(27)14-18)21-7-3-1-5-19(21)20-6-2-4-8-22(20)25/h1-14H,15-16H2. The van der Waals surface area contributed by atoms with Crippen LogP contribution >= 0.6 is 0 Å². The van der Waals surface area contributed by atoms with E-state index in [0.717, 1.165) is 11.1 Å². The molecular weight excluding hydrogens is 366 g/mol. The van der Waals surface area contributed by atoms with Gasteiger partial charge in [0.15, 0.2) is 0 Å². The molecule has 0 saturated carbocycles. The molecule has 29 heavy (non-hydrogen) atoms. The topological polar surface area (TPSA) is 25.8 Å². The third-order valence-corrected chi connectivity index (χ3v) is 5.77. The van der Waals surface area contributed by atoms with E-state index >= 15 is 0 Å². The lowest BCUT2D eigenvalue weighted by Gasteiger charge is -2.33. The molecule has 0 unspecified atom stereocenters. The van der Waals surface area contributed by atoms with Crippen LogP contribution in [0.2, 0.25) is 0 Å². The van der Waals surface area contributed by atoms with Gasteiger partial charge in [0, 0.05) is 17.8 Å². The van der Waals surface area contributed by atoms with Gasteiger partial charge < -0.3 is 0 Å². The van der Waals surface area contributed by atoms with Crippen LogP contribution in [0.25, 0.3) is 11.1 Å². The Morgan fingerprint density at radius 2 is 1.07 bits per heavy atom. The maximum atomic E-state index is 13.9. The van der Waals surface area contributed by atoms with Gasteiger partial charge in [0.1, 0.15) is 0 Å². The van der Waals surface area contributed by atoms with Crippen LogP contribution in [0.1, 0.15) is 22.3 Å². The molecular formula is C25H18F2N2. The van der Waals surface area contributed by atoms with E-state index in [9.17, 15) is 8.78 Å². The maximum absolute atomic E-state index is 13.9. The van der Waals surface area contributed by atoms with Crippen molar-refractivity contribution in [1.82, 2.24) is 9.97 Å². The molecule has 1 aliphatic rings. The minimum atomic E-state index is -0.493. The van der Waals surface area contributed by atoms with Gasteiger partial charge >= 0.3 is 0 Å².